The Balaban J connectivity index is 1.49. The standard InChI is InChI=1S/C40H18N4O2/c41-19-23-9-12-27(26(15-23)20-42)31-18-30(24-10-13-38-32(16-24)28-5-1-3-7-36(28)45-38)34(21-43)40(35(31)22-44)25-11-14-39-33(17-25)29-6-2-4-8-37(29)46-39/h1-18H. The summed E-state index contributed by atoms with van der Waals surface area (Å²) in [5, 5.41) is 44.7. The van der Waals surface area contributed by atoms with Crippen LogP contribution in [0.15, 0.2) is 118 Å². The highest BCUT2D eigenvalue weighted by Crippen LogP contribution is 2.44. The van der Waals surface area contributed by atoms with Crippen LogP contribution >= 0.6 is 0 Å². The molecule has 8 rings (SSSR count). The van der Waals surface area contributed by atoms with Crippen LogP contribution in [0.2, 0.25) is 0 Å². The van der Waals surface area contributed by atoms with Gasteiger partial charge in [0.15, 0.2) is 0 Å². The van der Waals surface area contributed by atoms with Crippen molar-refractivity contribution in [2.45, 2.75) is 0 Å². The SMILES string of the molecule is N#Cc1ccc(-c2cc(-c3ccc4oc5ccccc5c4c3)c(C#N)c(-c3ccc4oc5ccccc5c4c3)c2C#N)c(C#N)c1. The highest BCUT2D eigenvalue weighted by Gasteiger charge is 2.24. The molecule has 6 heteroatoms. The van der Waals surface area contributed by atoms with Gasteiger partial charge in [-0.25, -0.2) is 0 Å². The molecule has 6 aromatic carbocycles. The topological polar surface area (TPSA) is 121 Å². The van der Waals surface area contributed by atoms with Gasteiger partial charge in [-0.15, -0.1) is 0 Å². The molecule has 0 spiro atoms. The summed E-state index contributed by atoms with van der Waals surface area (Å²) in [6.45, 7) is 0. The molecule has 0 amide bonds. The predicted molar refractivity (Wildman–Crippen MR) is 176 cm³/mol. The smallest absolute Gasteiger partial charge is 0.135 e. The van der Waals surface area contributed by atoms with E-state index in [4.69, 9.17) is 8.83 Å². The molecule has 210 valence electrons. The molecular formula is C40H18N4O2. The van der Waals surface area contributed by atoms with Crippen LogP contribution in [-0.2, 0) is 0 Å². The summed E-state index contributed by atoms with van der Waals surface area (Å²) >= 11 is 0. The molecule has 0 saturated heterocycles. The highest BCUT2D eigenvalue weighted by atomic mass is 16.3. The second-order valence-corrected chi connectivity index (χ2v) is 10.9. The Labute approximate surface area is 262 Å². The van der Waals surface area contributed by atoms with E-state index in [1.54, 1.807) is 18.2 Å². The van der Waals surface area contributed by atoms with Crippen LogP contribution < -0.4 is 0 Å². The molecule has 0 N–H and O–H groups in total. The lowest BCUT2D eigenvalue weighted by molar-refractivity contribution is 0.668. The normalized spacial score (nSPS) is 11.0. The van der Waals surface area contributed by atoms with Gasteiger partial charge in [-0.3, -0.25) is 0 Å². The van der Waals surface area contributed by atoms with Crippen molar-refractivity contribution in [2.75, 3.05) is 0 Å². The Kier molecular flexibility index (Phi) is 5.91. The van der Waals surface area contributed by atoms with Gasteiger partial charge in [0, 0.05) is 43.8 Å². The number of rotatable bonds is 3. The lowest BCUT2D eigenvalue weighted by atomic mass is 9.82. The Hall–Kier alpha value is -7.12. The largest absolute Gasteiger partial charge is 0.456 e. The highest BCUT2D eigenvalue weighted by molar-refractivity contribution is 6.08. The first-order valence-corrected chi connectivity index (χ1v) is 14.4. The lowest BCUT2D eigenvalue weighted by Gasteiger charge is -2.18. The Morgan fingerprint density at radius 2 is 0.978 bits per heavy atom. The Bertz CT molecular complexity index is 2750. The van der Waals surface area contributed by atoms with E-state index < -0.39 is 0 Å². The molecule has 0 unspecified atom stereocenters. The molecule has 6 nitrogen and oxygen atoms in total. The molecular weight excluding hydrogens is 568 g/mol. The molecule has 8 aromatic rings. The summed E-state index contributed by atoms with van der Waals surface area (Å²) in [6, 6.07) is 42.6. The molecule has 2 heterocycles. The lowest BCUT2D eigenvalue weighted by Crippen LogP contribution is -1.99. The monoisotopic (exact) mass is 586 g/mol. The van der Waals surface area contributed by atoms with Crippen molar-refractivity contribution in [1.29, 1.82) is 21.0 Å². The molecule has 0 fully saturated rings. The van der Waals surface area contributed by atoms with Crippen LogP contribution in [0, 0.1) is 45.3 Å². The summed E-state index contributed by atoms with van der Waals surface area (Å²) in [6.07, 6.45) is 0. The van der Waals surface area contributed by atoms with Gasteiger partial charge in [0.2, 0.25) is 0 Å². The molecule has 0 aliphatic heterocycles. The Morgan fingerprint density at radius 3 is 1.59 bits per heavy atom. The number of furan rings is 2. The third-order valence-electron chi connectivity index (χ3n) is 8.46. The van der Waals surface area contributed by atoms with Crippen LogP contribution in [-0.4, -0.2) is 0 Å². The van der Waals surface area contributed by atoms with E-state index in [9.17, 15) is 21.0 Å². The first-order valence-electron chi connectivity index (χ1n) is 14.4. The van der Waals surface area contributed by atoms with Crippen molar-refractivity contribution >= 4 is 43.9 Å². The zero-order valence-corrected chi connectivity index (χ0v) is 24.0. The van der Waals surface area contributed by atoms with Crippen molar-refractivity contribution in [3.05, 3.63) is 131 Å². The van der Waals surface area contributed by atoms with Crippen molar-refractivity contribution < 1.29 is 8.83 Å². The first-order chi connectivity index (χ1) is 22.6. The maximum Gasteiger partial charge on any atom is 0.135 e. The average molecular weight is 587 g/mol. The molecule has 0 aliphatic rings. The van der Waals surface area contributed by atoms with E-state index in [2.05, 4.69) is 24.3 Å². The van der Waals surface area contributed by atoms with Gasteiger partial charge in [0.1, 0.15) is 34.5 Å². The third kappa shape index (κ3) is 3.93. The van der Waals surface area contributed by atoms with Gasteiger partial charge < -0.3 is 8.83 Å². The van der Waals surface area contributed by atoms with Crippen LogP contribution in [0.3, 0.4) is 0 Å². The predicted octanol–water partition coefficient (Wildman–Crippen LogP) is 9.97. The van der Waals surface area contributed by atoms with Crippen molar-refractivity contribution in [3.63, 3.8) is 0 Å². The summed E-state index contributed by atoms with van der Waals surface area (Å²) < 4.78 is 12.1. The second-order valence-electron chi connectivity index (χ2n) is 10.9. The minimum absolute atomic E-state index is 0.253. The zero-order valence-electron chi connectivity index (χ0n) is 24.0. The van der Waals surface area contributed by atoms with Gasteiger partial charge in [-0.2, -0.15) is 21.0 Å². The van der Waals surface area contributed by atoms with E-state index in [1.165, 1.54) is 6.07 Å². The van der Waals surface area contributed by atoms with Gasteiger partial charge in [-0.05, 0) is 65.7 Å². The van der Waals surface area contributed by atoms with Crippen LogP contribution in [0.5, 0.6) is 0 Å². The fourth-order valence-electron chi connectivity index (χ4n) is 6.36. The second kappa shape index (κ2) is 10.3. The molecule has 46 heavy (non-hydrogen) atoms. The van der Waals surface area contributed by atoms with E-state index in [1.807, 2.05) is 84.9 Å². The van der Waals surface area contributed by atoms with Crippen LogP contribution in [0.25, 0.3) is 77.3 Å². The first kappa shape index (κ1) is 26.5. The van der Waals surface area contributed by atoms with Crippen molar-refractivity contribution in [3.8, 4) is 57.7 Å². The summed E-state index contributed by atoms with van der Waals surface area (Å²) in [5.41, 5.74) is 7.53. The summed E-state index contributed by atoms with van der Waals surface area (Å²) in [4.78, 5) is 0. The molecule has 0 saturated carbocycles. The van der Waals surface area contributed by atoms with Crippen molar-refractivity contribution in [1.82, 2.24) is 0 Å². The van der Waals surface area contributed by atoms with Gasteiger partial charge in [0.25, 0.3) is 0 Å². The Morgan fingerprint density at radius 1 is 0.413 bits per heavy atom. The van der Waals surface area contributed by atoms with E-state index in [0.717, 1.165) is 38.3 Å². The van der Waals surface area contributed by atoms with Crippen LogP contribution in [0.1, 0.15) is 22.3 Å². The maximum atomic E-state index is 10.8. The van der Waals surface area contributed by atoms with E-state index >= 15 is 0 Å². The van der Waals surface area contributed by atoms with Gasteiger partial charge >= 0.3 is 0 Å². The fourth-order valence-corrected chi connectivity index (χ4v) is 6.36. The molecule has 0 aliphatic carbocycles. The van der Waals surface area contributed by atoms with E-state index in [-0.39, 0.29) is 11.1 Å². The number of para-hydroxylation sites is 2. The number of hydrogen-bond donors (Lipinski definition) is 0. The minimum atomic E-state index is 0.253. The molecule has 0 bridgehead atoms. The molecule has 0 radical (unpaired) electrons. The molecule has 2 aromatic heterocycles. The minimum Gasteiger partial charge on any atom is -0.456 e. The third-order valence-corrected chi connectivity index (χ3v) is 8.46. The number of hydrogen-bond acceptors (Lipinski definition) is 6. The quantitative estimate of drug-likeness (QED) is 0.203. The number of nitriles is 4. The fraction of sp³-hybridized carbons (Fsp3) is 0. The molecule has 0 atom stereocenters. The maximum absolute atomic E-state index is 10.8. The van der Waals surface area contributed by atoms with Crippen molar-refractivity contribution in [2.24, 2.45) is 0 Å². The average Bonchev–Trinajstić information content (AvgIpc) is 3.68. The zero-order chi connectivity index (χ0) is 31.4. The van der Waals surface area contributed by atoms with E-state index in [0.29, 0.717) is 50.1 Å². The van der Waals surface area contributed by atoms with Gasteiger partial charge in [-0.1, -0.05) is 54.6 Å². The number of benzene rings is 6. The number of fused-ring (bicyclic) bond motifs is 6. The summed E-state index contributed by atoms with van der Waals surface area (Å²) in [5.74, 6) is 0. The summed E-state index contributed by atoms with van der Waals surface area (Å²) in [7, 11) is 0. The number of nitrogens with zero attached hydrogens (tertiary/aromatic N) is 4. The van der Waals surface area contributed by atoms with Crippen LogP contribution in [0.4, 0.5) is 0 Å². The van der Waals surface area contributed by atoms with Gasteiger partial charge in [0.05, 0.1) is 34.4 Å².